The molecule has 1 aromatic heterocycles. The molecule has 0 spiro atoms. The second-order valence-electron chi connectivity index (χ2n) is 5.38. The van der Waals surface area contributed by atoms with E-state index in [1.54, 1.807) is 23.3 Å². The molecule has 1 atom stereocenters. The summed E-state index contributed by atoms with van der Waals surface area (Å²) >= 11 is 6.13. The van der Waals surface area contributed by atoms with Crippen molar-refractivity contribution in [2.45, 2.75) is 19.0 Å². The first-order valence-electron chi connectivity index (χ1n) is 7.64. The molecule has 1 N–H and O–H groups in total. The van der Waals surface area contributed by atoms with Crippen molar-refractivity contribution in [2.75, 3.05) is 0 Å². The molecule has 0 unspecified atom stereocenters. The number of carbonyl (C=O) groups is 1. The fourth-order valence-electron chi connectivity index (χ4n) is 2.48. The van der Waals surface area contributed by atoms with Crippen LogP contribution in [0, 0.1) is 0 Å². The van der Waals surface area contributed by atoms with Gasteiger partial charge < -0.3 is 5.32 Å². The summed E-state index contributed by atoms with van der Waals surface area (Å²) in [6.45, 7) is 0.464. The maximum Gasteiger partial charge on any atom is 0.225 e. The highest BCUT2D eigenvalue weighted by molar-refractivity contribution is 6.31. The number of aromatic nitrogens is 3. The van der Waals surface area contributed by atoms with E-state index in [1.165, 1.54) is 0 Å². The number of carbonyl (C=O) groups excluding carboxylic acids is 1. The van der Waals surface area contributed by atoms with E-state index in [2.05, 4.69) is 15.5 Å². The van der Waals surface area contributed by atoms with E-state index in [9.17, 15) is 4.79 Å². The van der Waals surface area contributed by atoms with Gasteiger partial charge in [0.15, 0.2) is 0 Å². The lowest BCUT2D eigenvalue weighted by molar-refractivity contribution is -0.121. The van der Waals surface area contributed by atoms with Gasteiger partial charge in [0, 0.05) is 5.02 Å². The fraction of sp³-hybridized carbons (Fsp3) is 0.167. The van der Waals surface area contributed by atoms with Crippen LogP contribution in [0.3, 0.4) is 0 Å². The molecule has 0 aliphatic heterocycles. The lowest BCUT2D eigenvalue weighted by atomic mass is 10.1. The molecule has 1 amide bonds. The van der Waals surface area contributed by atoms with Gasteiger partial charge in [-0.25, -0.2) is 0 Å². The van der Waals surface area contributed by atoms with Crippen molar-refractivity contribution in [1.82, 2.24) is 20.3 Å². The van der Waals surface area contributed by atoms with Gasteiger partial charge in [-0.1, -0.05) is 60.1 Å². The third-order valence-electron chi connectivity index (χ3n) is 3.66. The fourth-order valence-corrected chi connectivity index (χ4v) is 2.68. The van der Waals surface area contributed by atoms with Crippen LogP contribution in [0.4, 0.5) is 0 Å². The molecule has 24 heavy (non-hydrogen) atoms. The zero-order chi connectivity index (χ0) is 16.8. The van der Waals surface area contributed by atoms with Gasteiger partial charge in [-0.15, -0.1) is 0 Å². The minimum Gasteiger partial charge on any atom is -0.347 e. The molecule has 0 radical (unpaired) electrons. The van der Waals surface area contributed by atoms with E-state index in [1.807, 2.05) is 48.5 Å². The normalized spacial score (nSPS) is 11.9. The van der Waals surface area contributed by atoms with E-state index in [0.29, 0.717) is 11.6 Å². The van der Waals surface area contributed by atoms with Crippen LogP contribution in [-0.4, -0.2) is 20.9 Å². The van der Waals surface area contributed by atoms with Gasteiger partial charge in [0.05, 0.1) is 31.4 Å². The Morgan fingerprint density at radius 1 is 1.04 bits per heavy atom. The summed E-state index contributed by atoms with van der Waals surface area (Å²) in [7, 11) is 0. The molecule has 122 valence electrons. The lowest BCUT2D eigenvalue weighted by Crippen LogP contribution is -2.33. The Morgan fingerprint density at radius 2 is 1.71 bits per heavy atom. The topological polar surface area (TPSA) is 59.8 Å². The van der Waals surface area contributed by atoms with Crippen molar-refractivity contribution in [3.63, 3.8) is 0 Å². The molecule has 3 aromatic rings. The zero-order valence-corrected chi connectivity index (χ0v) is 13.7. The molecule has 0 fully saturated rings. The summed E-state index contributed by atoms with van der Waals surface area (Å²) in [4.78, 5) is 14.0. The Bertz CT molecular complexity index is 790. The van der Waals surface area contributed by atoms with Gasteiger partial charge in [-0.2, -0.15) is 15.0 Å². The standard InChI is InChI=1S/C18H17ClN4O/c19-16-9-5-4-8-15(16)12-18(24)22-17(13-23-20-10-11-21-23)14-6-2-1-3-7-14/h1-11,17H,12-13H2,(H,22,24)/t17-/m1/s1. The highest BCUT2D eigenvalue weighted by Crippen LogP contribution is 2.17. The van der Waals surface area contributed by atoms with Crippen molar-refractivity contribution in [1.29, 1.82) is 0 Å². The second kappa shape index (κ2) is 7.75. The summed E-state index contributed by atoms with van der Waals surface area (Å²) in [5, 5.41) is 11.9. The third kappa shape index (κ3) is 4.20. The number of halogens is 1. The number of amides is 1. The number of nitrogens with one attached hydrogen (secondary N) is 1. The molecule has 0 saturated heterocycles. The van der Waals surface area contributed by atoms with Gasteiger partial charge in [-0.05, 0) is 17.2 Å². The van der Waals surface area contributed by atoms with Crippen LogP contribution in [0.25, 0.3) is 0 Å². The van der Waals surface area contributed by atoms with Gasteiger partial charge >= 0.3 is 0 Å². The van der Waals surface area contributed by atoms with Crippen LogP contribution in [0.15, 0.2) is 67.0 Å². The number of hydrogen-bond acceptors (Lipinski definition) is 3. The van der Waals surface area contributed by atoms with Crippen molar-refractivity contribution >= 4 is 17.5 Å². The van der Waals surface area contributed by atoms with Crippen molar-refractivity contribution in [3.05, 3.63) is 83.1 Å². The number of rotatable bonds is 6. The monoisotopic (exact) mass is 340 g/mol. The molecule has 6 heteroatoms. The smallest absolute Gasteiger partial charge is 0.225 e. The summed E-state index contributed by atoms with van der Waals surface area (Å²) in [5.41, 5.74) is 1.81. The van der Waals surface area contributed by atoms with E-state index >= 15 is 0 Å². The highest BCUT2D eigenvalue weighted by atomic mass is 35.5. The molecule has 0 aliphatic carbocycles. The largest absolute Gasteiger partial charge is 0.347 e. The predicted octanol–water partition coefficient (Wildman–Crippen LogP) is 3.03. The Labute approximate surface area is 145 Å². The Hall–Kier alpha value is -2.66. The van der Waals surface area contributed by atoms with E-state index in [-0.39, 0.29) is 18.4 Å². The SMILES string of the molecule is O=C(Cc1ccccc1Cl)N[C@H](Cn1nccn1)c1ccccc1. The highest BCUT2D eigenvalue weighted by Gasteiger charge is 2.17. The van der Waals surface area contributed by atoms with Gasteiger partial charge in [-0.3, -0.25) is 4.79 Å². The van der Waals surface area contributed by atoms with Gasteiger partial charge in [0.2, 0.25) is 5.91 Å². The molecular weight excluding hydrogens is 324 g/mol. The third-order valence-corrected chi connectivity index (χ3v) is 4.03. The van der Waals surface area contributed by atoms with E-state index < -0.39 is 0 Å². The van der Waals surface area contributed by atoms with Gasteiger partial charge in [0.1, 0.15) is 0 Å². The predicted molar refractivity (Wildman–Crippen MR) is 92.5 cm³/mol. The maximum atomic E-state index is 12.5. The molecule has 3 rings (SSSR count). The molecule has 5 nitrogen and oxygen atoms in total. The van der Waals surface area contributed by atoms with Crippen LogP contribution in [0.2, 0.25) is 5.02 Å². The first kappa shape index (κ1) is 16.2. The molecule has 1 heterocycles. The number of nitrogens with zero attached hydrogens (tertiary/aromatic N) is 3. The molecule has 0 aliphatic rings. The first-order valence-corrected chi connectivity index (χ1v) is 8.02. The van der Waals surface area contributed by atoms with E-state index in [4.69, 9.17) is 11.6 Å². The van der Waals surface area contributed by atoms with Crippen molar-refractivity contribution in [3.8, 4) is 0 Å². The average molecular weight is 341 g/mol. The Balaban J connectivity index is 1.74. The van der Waals surface area contributed by atoms with Crippen LogP contribution in [-0.2, 0) is 17.8 Å². The van der Waals surface area contributed by atoms with E-state index in [0.717, 1.165) is 11.1 Å². The van der Waals surface area contributed by atoms with Crippen molar-refractivity contribution in [2.24, 2.45) is 0 Å². The summed E-state index contributed by atoms with van der Waals surface area (Å²) in [6, 6.07) is 16.9. The van der Waals surface area contributed by atoms with Crippen LogP contribution in [0.1, 0.15) is 17.2 Å². The minimum absolute atomic E-state index is 0.0934. The molecular formula is C18H17ClN4O. The molecule has 0 bridgehead atoms. The number of hydrogen-bond donors (Lipinski definition) is 1. The minimum atomic E-state index is -0.214. The van der Waals surface area contributed by atoms with Crippen LogP contribution < -0.4 is 5.32 Å². The first-order chi connectivity index (χ1) is 11.7. The van der Waals surface area contributed by atoms with Crippen LogP contribution in [0.5, 0.6) is 0 Å². The summed E-state index contributed by atoms with van der Waals surface area (Å²) in [6.07, 6.45) is 3.47. The van der Waals surface area contributed by atoms with Crippen molar-refractivity contribution < 1.29 is 4.79 Å². The quantitative estimate of drug-likeness (QED) is 0.750. The average Bonchev–Trinajstić information content (AvgIpc) is 3.10. The number of benzene rings is 2. The molecule has 2 aromatic carbocycles. The summed E-state index contributed by atoms with van der Waals surface area (Å²) < 4.78 is 0. The Kier molecular flexibility index (Phi) is 5.23. The van der Waals surface area contributed by atoms with Crippen LogP contribution >= 0.6 is 11.6 Å². The zero-order valence-electron chi connectivity index (χ0n) is 13.0. The summed E-state index contributed by atoms with van der Waals surface area (Å²) in [5.74, 6) is -0.0934. The second-order valence-corrected chi connectivity index (χ2v) is 5.79. The maximum absolute atomic E-state index is 12.5. The lowest BCUT2D eigenvalue weighted by Gasteiger charge is -2.19. The Morgan fingerprint density at radius 3 is 2.42 bits per heavy atom. The van der Waals surface area contributed by atoms with Gasteiger partial charge in [0.25, 0.3) is 0 Å². The molecule has 0 saturated carbocycles.